The van der Waals surface area contributed by atoms with Gasteiger partial charge in [-0.2, -0.15) is 13.2 Å². The quantitative estimate of drug-likeness (QED) is 0.220. The van der Waals surface area contributed by atoms with Crippen molar-refractivity contribution >= 4 is 39.2 Å². The molecule has 0 bridgehead atoms. The maximum absolute atomic E-state index is 14.3. The Balaban J connectivity index is 2.02. The van der Waals surface area contributed by atoms with Crippen molar-refractivity contribution in [3.05, 3.63) is 82.7 Å². The van der Waals surface area contributed by atoms with Crippen LogP contribution in [0.1, 0.15) is 36.6 Å². The molecule has 0 radical (unpaired) electrons. The first-order chi connectivity index (χ1) is 17.1. The van der Waals surface area contributed by atoms with Crippen molar-refractivity contribution in [3.63, 3.8) is 0 Å². The third-order valence-electron chi connectivity index (χ3n) is 4.82. The van der Waals surface area contributed by atoms with Gasteiger partial charge in [0.2, 0.25) is 0 Å². The Bertz CT molecular complexity index is 1540. The van der Waals surface area contributed by atoms with Crippen LogP contribution in [0.5, 0.6) is 5.75 Å². The van der Waals surface area contributed by atoms with E-state index in [-0.39, 0.29) is 5.56 Å². The van der Waals surface area contributed by atoms with Crippen LogP contribution in [0.25, 0.3) is 0 Å². The number of rotatable bonds is 7. The van der Waals surface area contributed by atoms with Gasteiger partial charge in [0.15, 0.2) is 0 Å². The Morgan fingerprint density at radius 2 is 1.51 bits per heavy atom. The van der Waals surface area contributed by atoms with Crippen molar-refractivity contribution < 1.29 is 55.7 Å². The molecule has 37 heavy (non-hydrogen) atoms. The van der Waals surface area contributed by atoms with Gasteiger partial charge in [0.1, 0.15) is 22.0 Å². The van der Waals surface area contributed by atoms with E-state index in [1.165, 1.54) is 0 Å². The zero-order valence-electron chi connectivity index (χ0n) is 18.0. The Morgan fingerprint density at radius 1 is 0.865 bits per heavy atom. The fraction of sp³-hybridized carbons (Fsp3) is 0.0455. The molecule has 10 nitrogen and oxygen atoms in total. The van der Waals surface area contributed by atoms with Gasteiger partial charge in [0.05, 0.1) is 28.1 Å². The van der Waals surface area contributed by atoms with Crippen molar-refractivity contribution in [2.45, 2.75) is 11.1 Å². The molecule has 5 N–H and O–H groups in total. The number of phenols is 1. The lowest BCUT2D eigenvalue weighted by Crippen LogP contribution is -2.21. The van der Waals surface area contributed by atoms with E-state index in [9.17, 15) is 50.6 Å². The Kier molecular flexibility index (Phi) is 7.11. The molecule has 0 fully saturated rings. The third-order valence-corrected chi connectivity index (χ3v) is 6.22. The van der Waals surface area contributed by atoms with Gasteiger partial charge < -0.3 is 20.6 Å². The van der Waals surface area contributed by atoms with E-state index < -0.39 is 78.6 Å². The van der Waals surface area contributed by atoms with Crippen LogP contribution >= 0.6 is 0 Å². The van der Waals surface area contributed by atoms with Crippen LogP contribution in [-0.4, -0.2) is 41.6 Å². The molecule has 0 aliphatic rings. The average molecular weight is 542 g/mol. The lowest BCUT2D eigenvalue weighted by Gasteiger charge is -2.16. The van der Waals surface area contributed by atoms with Crippen molar-refractivity contribution in [1.82, 2.24) is 0 Å². The first-order valence-corrected chi connectivity index (χ1v) is 11.2. The number of aromatic hydroxyl groups is 1. The van der Waals surface area contributed by atoms with Gasteiger partial charge in [-0.15, -0.1) is 0 Å². The fourth-order valence-electron chi connectivity index (χ4n) is 3.15. The molecule has 3 aromatic carbocycles. The number of carbonyl (C=O) groups excluding carboxylic acids is 1. The molecule has 0 saturated heterocycles. The smallest absolute Gasteiger partial charge is 0.419 e. The second kappa shape index (κ2) is 9.77. The number of sulfonamides is 1. The highest BCUT2D eigenvalue weighted by Gasteiger charge is 2.36. The first-order valence-electron chi connectivity index (χ1n) is 9.76. The average Bonchev–Trinajstić information content (AvgIpc) is 2.79. The highest BCUT2D eigenvalue weighted by molar-refractivity contribution is 7.92. The van der Waals surface area contributed by atoms with E-state index in [1.807, 2.05) is 10.0 Å². The van der Waals surface area contributed by atoms with E-state index in [0.717, 1.165) is 42.5 Å². The molecule has 3 aromatic rings. The van der Waals surface area contributed by atoms with Gasteiger partial charge in [-0.25, -0.2) is 22.4 Å². The van der Waals surface area contributed by atoms with Gasteiger partial charge >= 0.3 is 18.1 Å². The number of benzene rings is 3. The minimum absolute atomic E-state index is 0.377. The molecule has 0 aliphatic heterocycles. The molecular formula is C22H14F4N2O8S. The zero-order chi connectivity index (χ0) is 27.7. The van der Waals surface area contributed by atoms with Crippen LogP contribution < -0.4 is 10.0 Å². The number of phenolic OH excluding ortho intramolecular Hbond substituents is 1. The zero-order valence-corrected chi connectivity index (χ0v) is 18.8. The maximum atomic E-state index is 14.3. The molecule has 0 atom stereocenters. The number of hydrogen-bond acceptors (Lipinski definition) is 6. The van der Waals surface area contributed by atoms with Crippen LogP contribution in [0.15, 0.2) is 59.5 Å². The van der Waals surface area contributed by atoms with Gasteiger partial charge in [-0.05, 0) is 42.5 Å². The number of alkyl halides is 3. The summed E-state index contributed by atoms with van der Waals surface area (Å²) in [6.45, 7) is 0. The van der Waals surface area contributed by atoms with E-state index in [4.69, 9.17) is 5.11 Å². The van der Waals surface area contributed by atoms with E-state index >= 15 is 0 Å². The minimum Gasteiger partial charge on any atom is -0.506 e. The van der Waals surface area contributed by atoms with Crippen molar-refractivity contribution in [3.8, 4) is 5.75 Å². The summed E-state index contributed by atoms with van der Waals surface area (Å²) in [5.74, 6) is -7.51. The molecule has 0 unspecified atom stereocenters. The molecule has 194 valence electrons. The van der Waals surface area contributed by atoms with Gasteiger partial charge in [0, 0.05) is 0 Å². The molecule has 3 rings (SSSR count). The van der Waals surface area contributed by atoms with Crippen LogP contribution in [0.4, 0.5) is 28.9 Å². The number of anilines is 2. The Hall–Kier alpha value is -4.66. The number of halogens is 4. The van der Waals surface area contributed by atoms with Crippen LogP contribution in [-0.2, 0) is 16.2 Å². The summed E-state index contributed by atoms with van der Waals surface area (Å²) < 4.78 is 81.0. The second-order valence-electron chi connectivity index (χ2n) is 7.25. The van der Waals surface area contributed by atoms with E-state index in [2.05, 4.69) is 0 Å². The van der Waals surface area contributed by atoms with Gasteiger partial charge in [0.25, 0.3) is 15.9 Å². The lowest BCUT2D eigenvalue weighted by molar-refractivity contribution is -0.140. The minimum atomic E-state index is -5.12. The summed E-state index contributed by atoms with van der Waals surface area (Å²) in [5.41, 5.74) is -5.44. The summed E-state index contributed by atoms with van der Waals surface area (Å²) in [6, 6.07) is 7.19. The van der Waals surface area contributed by atoms with Gasteiger partial charge in [-0.1, -0.05) is 12.1 Å². The molecule has 0 aromatic heterocycles. The number of carbonyl (C=O) groups is 3. The predicted molar refractivity (Wildman–Crippen MR) is 119 cm³/mol. The number of carboxylic acids is 2. The highest BCUT2D eigenvalue weighted by atomic mass is 32.2. The molecular weight excluding hydrogens is 528 g/mol. The van der Waals surface area contributed by atoms with Gasteiger partial charge in [-0.3, -0.25) is 9.52 Å². The Labute approximate surface area is 204 Å². The maximum Gasteiger partial charge on any atom is 0.419 e. The largest absolute Gasteiger partial charge is 0.506 e. The highest BCUT2D eigenvalue weighted by Crippen LogP contribution is 2.33. The topological polar surface area (TPSA) is 170 Å². The summed E-state index contributed by atoms with van der Waals surface area (Å²) >= 11 is 0. The molecule has 15 heteroatoms. The molecule has 0 heterocycles. The van der Waals surface area contributed by atoms with E-state index in [1.54, 1.807) is 0 Å². The lowest BCUT2D eigenvalue weighted by atomic mass is 10.1. The van der Waals surface area contributed by atoms with E-state index in [0.29, 0.717) is 12.1 Å². The third kappa shape index (κ3) is 5.61. The SMILES string of the molecule is O=C(O)c1ccc(NS(=O)(=O)c2cccc(NC(=O)c3cccc(C(F)(F)F)c3F)c2C(=O)O)c(O)c1. The summed E-state index contributed by atoms with van der Waals surface area (Å²) in [7, 11) is -4.81. The van der Waals surface area contributed by atoms with Crippen LogP contribution in [0.3, 0.4) is 0 Å². The summed E-state index contributed by atoms with van der Waals surface area (Å²) in [4.78, 5) is 34.5. The number of nitrogens with one attached hydrogen (secondary N) is 2. The monoisotopic (exact) mass is 542 g/mol. The molecule has 1 amide bonds. The van der Waals surface area contributed by atoms with Crippen molar-refractivity contribution in [1.29, 1.82) is 0 Å². The first kappa shape index (κ1) is 26.9. The molecule has 0 saturated carbocycles. The standard InChI is InChI=1S/C22H14F4N2O8S/c23-18-11(3-1-4-12(18)22(24,25)26)19(30)27-14-5-2-6-16(17(14)21(33)34)37(35,36)28-13-8-7-10(20(31)32)9-15(13)29/h1-9,28-29H,(H,27,30)(H,31,32)(H,33,34). The van der Waals surface area contributed by atoms with Crippen LogP contribution in [0, 0.1) is 5.82 Å². The second-order valence-corrected chi connectivity index (χ2v) is 8.90. The number of amides is 1. The predicted octanol–water partition coefficient (Wildman–Crippen LogP) is 4.00. The van der Waals surface area contributed by atoms with Crippen LogP contribution in [0.2, 0.25) is 0 Å². The van der Waals surface area contributed by atoms with Crippen molar-refractivity contribution in [2.24, 2.45) is 0 Å². The fourth-order valence-corrected chi connectivity index (χ4v) is 4.44. The number of carboxylic acid groups (broad SMARTS) is 2. The Morgan fingerprint density at radius 3 is 2.08 bits per heavy atom. The van der Waals surface area contributed by atoms with Crippen molar-refractivity contribution in [2.75, 3.05) is 10.0 Å². The number of aromatic carboxylic acids is 2. The normalized spacial score (nSPS) is 11.6. The summed E-state index contributed by atoms with van der Waals surface area (Å²) in [5, 5.41) is 30.4. The summed E-state index contributed by atoms with van der Waals surface area (Å²) in [6.07, 6.45) is -5.12. The molecule has 0 aliphatic carbocycles. The number of hydrogen-bond donors (Lipinski definition) is 5. The molecule has 0 spiro atoms.